The van der Waals surface area contributed by atoms with E-state index in [9.17, 15) is 0 Å². The number of aromatic nitrogens is 4. The van der Waals surface area contributed by atoms with Gasteiger partial charge in [-0.2, -0.15) is 4.52 Å². The second-order valence-corrected chi connectivity index (χ2v) is 4.74. The second kappa shape index (κ2) is 4.31. The Bertz CT molecular complexity index is 770. The zero-order valence-electron chi connectivity index (χ0n) is 9.79. The first-order chi connectivity index (χ1) is 8.79. The maximum atomic E-state index is 5.29. The van der Waals surface area contributed by atoms with Gasteiger partial charge in [0.05, 0.1) is 11.3 Å². The Morgan fingerprint density at radius 3 is 3.00 bits per heavy atom. The van der Waals surface area contributed by atoms with E-state index in [0.29, 0.717) is 5.75 Å². The van der Waals surface area contributed by atoms with E-state index in [4.69, 9.17) is 6.42 Å². The molecular weight excluding hydrogens is 244 g/mol. The summed E-state index contributed by atoms with van der Waals surface area (Å²) in [4.78, 5) is 9.04. The van der Waals surface area contributed by atoms with Gasteiger partial charge in [-0.3, -0.25) is 0 Å². The van der Waals surface area contributed by atoms with Gasteiger partial charge in [0, 0.05) is 5.39 Å². The van der Waals surface area contributed by atoms with Crippen molar-refractivity contribution in [1.82, 2.24) is 19.6 Å². The van der Waals surface area contributed by atoms with Crippen molar-refractivity contribution in [2.24, 2.45) is 0 Å². The highest BCUT2D eigenvalue weighted by Gasteiger charge is 2.11. The van der Waals surface area contributed by atoms with Gasteiger partial charge in [0.15, 0.2) is 10.8 Å². The van der Waals surface area contributed by atoms with Crippen molar-refractivity contribution in [1.29, 1.82) is 0 Å². The van der Waals surface area contributed by atoms with Gasteiger partial charge < -0.3 is 0 Å². The van der Waals surface area contributed by atoms with Crippen LogP contribution in [-0.2, 0) is 0 Å². The second-order valence-electron chi connectivity index (χ2n) is 3.80. The lowest BCUT2D eigenvalue weighted by molar-refractivity contribution is 0.798. The van der Waals surface area contributed by atoms with E-state index in [2.05, 4.69) is 21.0 Å². The fraction of sp³-hybridized carbons (Fsp3) is 0.154. The third-order valence-electron chi connectivity index (χ3n) is 2.54. The first-order valence-electron chi connectivity index (χ1n) is 5.48. The summed E-state index contributed by atoms with van der Waals surface area (Å²) in [5, 5.41) is 6.15. The lowest BCUT2D eigenvalue weighted by atomic mass is 10.2. The number of fused-ring (bicyclic) bond motifs is 3. The van der Waals surface area contributed by atoms with Crippen LogP contribution in [0.3, 0.4) is 0 Å². The number of thioether (sulfide) groups is 1. The van der Waals surface area contributed by atoms with E-state index >= 15 is 0 Å². The molecule has 0 N–H and O–H groups in total. The molecule has 0 bridgehead atoms. The van der Waals surface area contributed by atoms with Crippen LogP contribution in [0.1, 0.15) is 5.82 Å². The molecule has 4 nitrogen and oxygen atoms in total. The SMILES string of the molecule is C#CCSc1nc2ccccc2c2nc(C)nn12. The van der Waals surface area contributed by atoms with E-state index in [0.717, 1.165) is 27.5 Å². The van der Waals surface area contributed by atoms with Crippen LogP contribution >= 0.6 is 11.8 Å². The first-order valence-corrected chi connectivity index (χ1v) is 6.46. The molecule has 18 heavy (non-hydrogen) atoms. The third-order valence-corrected chi connectivity index (χ3v) is 3.37. The van der Waals surface area contributed by atoms with Gasteiger partial charge in [0.25, 0.3) is 0 Å². The number of para-hydroxylation sites is 1. The molecule has 0 unspecified atom stereocenters. The van der Waals surface area contributed by atoms with Crippen molar-refractivity contribution in [3.05, 3.63) is 30.1 Å². The van der Waals surface area contributed by atoms with Gasteiger partial charge in [0.2, 0.25) is 0 Å². The molecule has 88 valence electrons. The van der Waals surface area contributed by atoms with E-state index in [1.165, 1.54) is 11.8 Å². The summed E-state index contributed by atoms with van der Waals surface area (Å²) < 4.78 is 1.76. The number of benzene rings is 1. The van der Waals surface area contributed by atoms with Gasteiger partial charge in [0.1, 0.15) is 5.82 Å². The van der Waals surface area contributed by atoms with Crippen LogP contribution in [0.4, 0.5) is 0 Å². The number of hydrogen-bond donors (Lipinski definition) is 0. The van der Waals surface area contributed by atoms with Gasteiger partial charge in [-0.15, -0.1) is 11.5 Å². The highest BCUT2D eigenvalue weighted by atomic mass is 32.2. The Hall–Kier alpha value is -2.06. The quantitative estimate of drug-likeness (QED) is 0.400. The maximum Gasteiger partial charge on any atom is 0.192 e. The predicted octanol–water partition coefficient (Wildman–Crippen LogP) is 2.31. The minimum atomic E-state index is 0.569. The fourth-order valence-electron chi connectivity index (χ4n) is 1.83. The summed E-state index contributed by atoms with van der Waals surface area (Å²) in [7, 11) is 0. The molecule has 5 heteroatoms. The zero-order valence-corrected chi connectivity index (χ0v) is 10.6. The number of hydrogen-bond acceptors (Lipinski definition) is 4. The molecule has 0 aliphatic rings. The van der Waals surface area contributed by atoms with Crippen LogP contribution in [0.5, 0.6) is 0 Å². The average molecular weight is 254 g/mol. The van der Waals surface area contributed by atoms with E-state index < -0.39 is 0 Å². The number of rotatable bonds is 2. The van der Waals surface area contributed by atoms with Crippen molar-refractivity contribution in [2.75, 3.05) is 5.75 Å². The largest absolute Gasteiger partial charge is 0.222 e. The van der Waals surface area contributed by atoms with Crippen molar-refractivity contribution in [2.45, 2.75) is 12.1 Å². The standard InChI is InChI=1S/C13H10N4S/c1-3-8-18-13-15-11-7-5-4-6-10(11)12-14-9(2)16-17(12)13/h1,4-7H,8H2,2H3. The minimum absolute atomic E-state index is 0.569. The molecule has 3 rings (SSSR count). The predicted molar refractivity (Wildman–Crippen MR) is 72.6 cm³/mol. The van der Waals surface area contributed by atoms with Gasteiger partial charge in [-0.1, -0.05) is 29.8 Å². The molecule has 2 aromatic heterocycles. The number of terminal acetylenes is 1. The lowest BCUT2D eigenvalue weighted by Gasteiger charge is -2.04. The van der Waals surface area contributed by atoms with Gasteiger partial charge >= 0.3 is 0 Å². The molecule has 0 atom stereocenters. The van der Waals surface area contributed by atoms with Crippen molar-refractivity contribution in [3.8, 4) is 12.3 Å². The van der Waals surface area contributed by atoms with Crippen molar-refractivity contribution >= 4 is 28.3 Å². The molecule has 2 heterocycles. The Kier molecular flexibility index (Phi) is 2.65. The Morgan fingerprint density at radius 2 is 2.17 bits per heavy atom. The monoisotopic (exact) mass is 254 g/mol. The fourth-order valence-corrected chi connectivity index (χ4v) is 2.46. The Labute approximate surface area is 108 Å². The molecule has 0 saturated heterocycles. The normalized spacial score (nSPS) is 10.9. The van der Waals surface area contributed by atoms with E-state index in [1.807, 2.05) is 31.2 Å². The molecule has 1 aromatic carbocycles. The molecule has 0 fully saturated rings. The molecule has 0 amide bonds. The van der Waals surface area contributed by atoms with Crippen LogP contribution in [0.2, 0.25) is 0 Å². The lowest BCUT2D eigenvalue weighted by Crippen LogP contribution is -1.98. The first kappa shape index (κ1) is 11.1. The highest BCUT2D eigenvalue weighted by molar-refractivity contribution is 7.99. The van der Waals surface area contributed by atoms with Crippen molar-refractivity contribution in [3.63, 3.8) is 0 Å². The molecule has 0 saturated carbocycles. The van der Waals surface area contributed by atoms with Crippen molar-refractivity contribution < 1.29 is 0 Å². The van der Waals surface area contributed by atoms with Crippen LogP contribution in [0, 0.1) is 19.3 Å². The van der Waals surface area contributed by atoms with Gasteiger partial charge in [-0.25, -0.2) is 9.97 Å². The van der Waals surface area contributed by atoms with Crippen LogP contribution in [-0.4, -0.2) is 25.3 Å². The minimum Gasteiger partial charge on any atom is -0.222 e. The summed E-state index contributed by atoms with van der Waals surface area (Å²) in [6, 6.07) is 7.91. The van der Waals surface area contributed by atoms with Gasteiger partial charge in [-0.05, 0) is 19.1 Å². The number of nitrogens with zero attached hydrogens (tertiary/aromatic N) is 4. The Balaban J connectivity index is 2.35. The highest BCUT2D eigenvalue weighted by Crippen LogP contribution is 2.23. The molecule has 3 aromatic rings. The molecule has 0 aliphatic carbocycles. The summed E-state index contributed by atoms with van der Waals surface area (Å²) in [6.07, 6.45) is 5.29. The molecular formula is C13H10N4S. The summed E-state index contributed by atoms with van der Waals surface area (Å²) in [5.74, 6) is 3.90. The summed E-state index contributed by atoms with van der Waals surface area (Å²) in [6.45, 7) is 1.87. The van der Waals surface area contributed by atoms with Crippen LogP contribution < -0.4 is 0 Å². The van der Waals surface area contributed by atoms with E-state index in [-0.39, 0.29) is 0 Å². The number of aryl methyl sites for hydroxylation is 1. The Morgan fingerprint density at radius 1 is 1.33 bits per heavy atom. The molecule has 0 radical (unpaired) electrons. The maximum absolute atomic E-state index is 5.29. The zero-order chi connectivity index (χ0) is 12.5. The average Bonchev–Trinajstić information content (AvgIpc) is 2.78. The smallest absolute Gasteiger partial charge is 0.192 e. The summed E-state index contributed by atoms with van der Waals surface area (Å²) in [5.41, 5.74) is 1.74. The topological polar surface area (TPSA) is 43.1 Å². The van der Waals surface area contributed by atoms with Crippen LogP contribution in [0.15, 0.2) is 29.4 Å². The molecule has 0 aliphatic heterocycles. The molecule has 0 spiro atoms. The van der Waals surface area contributed by atoms with E-state index in [1.54, 1.807) is 4.52 Å². The third kappa shape index (κ3) is 1.71. The van der Waals surface area contributed by atoms with Crippen LogP contribution in [0.25, 0.3) is 16.6 Å². The summed E-state index contributed by atoms with van der Waals surface area (Å²) >= 11 is 1.49.